The molecule has 9 heteroatoms. The predicted octanol–water partition coefficient (Wildman–Crippen LogP) is 0.590. The molecule has 0 bridgehead atoms. The van der Waals surface area contributed by atoms with Crippen molar-refractivity contribution < 1.29 is 14.6 Å². The quantitative estimate of drug-likeness (QED) is 0.746. The van der Waals surface area contributed by atoms with Gasteiger partial charge in [0.1, 0.15) is 17.6 Å². The first-order chi connectivity index (χ1) is 11.7. The molecule has 2 aromatic heterocycles. The van der Waals surface area contributed by atoms with Crippen LogP contribution in [0.3, 0.4) is 0 Å². The van der Waals surface area contributed by atoms with Crippen LogP contribution >= 0.6 is 0 Å². The van der Waals surface area contributed by atoms with Gasteiger partial charge in [-0.1, -0.05) is 0 Å². The molecule has 0 amide bonds. The number of aliphatic hydroxyl groups is 1. The van der Waals surface area contributed by atoms with Crippen molar-refractivity contribution in [1.82, 2.24) is 25.3 Å². The highest BCUT2D eigenvalue weighted by atomic mass is 16.5. The highest BCUT2D eigenvalue weighted by molar-refractivity contribution is 5.56. The summed E-state index contributed by atoms with van der Waals surface area (Å²) in [5.74, 6) is 2.03. The topological polar surface area (TPSA) is 97.9 Å². The number of rotatable bonds is 3. The van der Waals surface area contributed by atoms with E-state index in [1.165, 1.54) is 4.63 Å². The van der Waals surface area contributed by atoms with Crippen LogP contribution in [-0.2, 0) is 6.54 Å². The van der Waals surface area contributed by atoms with Crippen LogP contribution in [0.2, 0.25) is 0 Å². The van der Waals surface area contributed by atoms with Gasteiger partial charge in [0.05, 0.1) is 20.8 Å². The number of anilines is 1. The van der Waals surface area contributed by atoms with Gasteiger partial charge in [-0.2, -0.15) is 0 Å². The first-order valence-electron chi connectivity index (χ1n) is 7.43. The van der Waals surface area contributed by atoms with E-state index < -0.39 is 6.10 Å². The van der Waals surface area contributed by atoms with Gasteiger partial charge in [0.15, 0.2) is 11.5 Å². The van der Waals surface area contributed by atoms with E-state index in [0.717, 1.165) is 11.1 Å². The van der Waals surface area contributed by atoms with Crippen LogP contribution in [0.4, 0.5) is 5.82 Å². The van der Waals surface area contributed by atoms with E-state index in [1.807, 2.05) is 23.1 Å². The van der Waals surface area contributed by atoms with Gasteiger partial charge in [0, 0.05) is 17.7 Å². The van der Waals surface area contributed by atoms with Crippen LogP contribution < -0.4 is 14.4 Å². The molecular formula is C15H16N6O3. The largest absolute Gasteiger partial charge is 0.496 e. The van der Waals surface area contributed by atoms with Gasteiger partial charge < -0.3 is 19.5 Å². The van der Waals surface area contributed by atoms with Gasteiger partial charge in [-0.25, -0.2) is 0 Å². The molecule has 0 radical (unpaired) electrons. The van der Waals surface area contributed by atoms with E-state index in [2.05, 4.69) is 20.6 Å². The van der Waals surface area contributed by atoms with E-state index >= 15 is 0 Å². The minimum Gasteiger partial charge on any atom is -0.496 e. The first kappa shape index (κ1) is 14.6. The Kier molecular flexibility index (Phi) is 3.42. The van der Waals surface area contributed by atoms with Crippen molar-refractivity contribution in [1.29, 1.82) is 0 Å². The summed E-state index contributed by atoms with van der Waals surface area (Å²) in [6, 6.07) is 7.26. The van der Waals surface area contributed by atoms with E-state index in [-0.39, 0.29) is 0 Å². The highest BCUT2D eigenvalue weighted by Crippen LogP contribution is 2.40. The van der Waals surface area contributed by atoms with Gasteiger partial charge in [-0.15, -0.1) is 14.8 Å². The fourth-order valence-electron chi connectivity index (χ4n) is 3.06. The normalized spacial score (nSPS) is 17.0. The Balaban J connectivity index is 1.77. The van der Waals surface area contributed by atoms with Crippen LogP contribution in [0.25, 0.3) is 5.65 Å². The zero-order valence-corrected chi connectivity index (χ0v) is 13.2. The summed E-state index contributed by atoms with van der Waals surface area (Å²) >= 11 is 0. The lowest BCUT2D eigenvalue weighted by Crippen LogP contribution is -2.35. The smallest absolute Gasteiger partial charge is 0.200 e. The average molecular weight is 328 g/mol. The highest BCUT2D eigenvalue weighted by Gasteiger charge is 2.30. The zero-order chi connectivity index (χ0) is 16.7. The van der Waals surface area contributed by atoms with Crippen molar-refractivity contribution in [3.05, 3.63) is 35.4 Å². The first-order valence-corrected chi connectivity index (χ1v) is 7.43. The molecule has 1 atom stereocenters. The third-order valence-corrected chi connectivity index (χ3v) is 4.17. The number of tetrazole rings is 1. The Hall–Kier alpha value is -2.94. The lowest BCUT2D eigenvalue weighted by atomic mass is 9.95. The van der Waals surface area contributed by atoms with Crippen LogP contribution in [0, 0.1) is 0 Å². The van der Waals surface area contributed by atoms with Crippen molar-refractivity contribution in [2.24, 2.45) is 0 Å². The molecule has 0 aliphatic carbocycles. The standard InChI is InChI=1S/C15H16N6O3/c1-23-11-3-4-12(24-2)15-9(11)7-20(8-10(15)22)14-6-5-13-16-18-19-21(13)17-14/h3-6,10,22H,7-8H2,1-2H3/t10-/m1/s1. The number of benzene rings is 1. The Morgan fingerprint density at radius 2 is 1.92 bits per heavy atom. The maximum Gasteiger partial charge on any atom is 0.200 e. The fraction of sp³-hybridized carbons (Fsp3) is 0.333. The number of methoxy groups -OCH3 is 2. The third kappa shape index (κ3) is 2.21. The number of β-amino-alcohol motifs (C(OH)–C–C–N with tert-alkyl or cyclic N) is 1. The second-order valence-electron chi connectivity index (χ2n) is 5.48. The molecule has 1 aliphatic heterocycles. The summed E-state index contributed by atoms with van der Waals surface area (Å²) in [7, 11) is 3.20. The van der Waals surface area contributed by atoms with Crippen molar-refractivity contribution in [2.45, 2.75) is 12.6 Å². The van der Waals surface area contributed by atoms with Crippen LogP contribution in [0.15, 0.2) is 24.3 Å². The number of ether oxygens (including phenoxy) is 2. The zero-order valence-electron chi connectivity index (χ0n) is 13.2. The number of hydrogen-bond acceptors (Lipinski definition) is 8. The molecule has 1 N–H and O–H groups in total. The van der Waals surface area contributed by atoms with Crippen molar-refractivity contribution in [3.8, 4) is 11.5 Å². The SMILES string of the molecule is COc1ccc(OC)c2c1CN(c1ccc3nnnn3n1)C[C@H]2O. The summed E-state index contributed by atoms with van der Waals surface area (Å²) in [6.07, 6.45) is -0.717. The maximum absolute atomic E-state index is 10.6. The van der Waals surface area contributed by atoms with Crippen molar-refractivity contribution in [2.75, 3.05) is 25.7 Å². The second-order valence-corrected chi connectivity index (χ2v) is 5.48. The summed E-state index contributed by atoms with van der Waals surface area (Å²) in [4.78, 5) is 1.95. The molecule has 1 aliphatic rings. The Morgan fingerprint density at radius 1 is 1.12 bits per heavy atom. The van der Waals surface area contributed by atoms with Crippen molar-refractivity contribution >= 4 is 11.5 Å². The molecular weight excluding hydrogens is 312 g/mol. The number of nitrogens with zero attached hydrogens (tertiary/aromatic N) is 6. The molecule has 0 saturated carbocycles. The molecule has 3 aromatic rings. The van der Waals surface area contributed by atoms with Gasteiger partial charge >= 0.3 is 0 Å². The maximum atomic E-state index is 10.6. The molecule has 0 fully saturated rings. The predicted molar refractivity (Wildman–Crippen MR) is 84.1 cm³/mol. The molecule has 3 heterocycles. The molecule has 4 rings (SSSR count). The Morgan fingerprint density at radius 3 is 2.71 bits per heavy atom. The molecule has 24 heavy (non-hydrogen) atoms. The minimum atomic E-state index is -0.717. The molecule has 124 valence electrons. The van der Waals surface area contributed by atoms with Gasteiger partial charge in [0.25, 0.3) is 0 Å². The number of fused-ring (bicyclic) bond motifs is 2. The average Bonchev–Trinajstić information content (AvgIpc) is 3.08. The van der Waals surface area contributed by atoms with E-state index in [4.69, 9.17) is 9.47 Å². The Labute approximate surface area is 137 Å². The van der Waals surface area contributed by atoms with Crippen LogP contribution in [0.1, 0.15) is 17.2 Å². The molecule has 0 unspecified atom stereocenters. The van der Waals surface area contributed by atoms with Crippen molar-refractivity contribution in [3.63, 3.8) is 0 Å². The van der Waals surface area contributed by atoms with E-state index in [9.17, 15) is 5.11 Å². The lowest BCUT2D eigenvalue weighted by molar-refractivity contribution is 0.169. The molecule has 9 nitrogen and oxygen atoms in total. The Bertz CT molecular complexity index is 896. The van der Waals surface area contributed by atoms with E-state index in [1.54, 1.807) is 20.3 Å². The van der Waals surface area contributed by atoms with E-state index in [0.29, 0.717) is 36.1 Å². The molecule has 0 saturated heterocycles. The summed E-state index contributed by atoms with van der Waals surface area (Å²) in [5, 5.41) is 26.3. The molecule has 0 spiro atoms. The van der Waals surface area contributed by atoms with Crippen LogP contribution in [-0.4, -0.2) is 51.1 Å². The lowest BCUT2D eigenvalue weighted by Gasteiger charge is -2.34. The van der Waals surface area contributed by atoms with Gasteiger partial charge in [0.2, 0.25) is 0 Å². The number of aliphatic hydroxyl groups excluding tert-OH is 1. The number of hydrogen-bond donors (Lipinski definition) is 1. The van der Waals surface area contributed by atoms with Gasteiger partial charge in [-0.3, -0.25) is 0 Å². The monoisotopic (exact) mass is 328 g/mol. The van der Waals surface area contributed by atoms with Gasteiger partial charge in [-0.05, 0) is 34.7 Å². The number of aromatic nitrogens is 5. The molecule has 1 aromatic carbocycles. The summed E-state index contributed by atoms with van der Waals surface area (Å²) < 4.78 is 12.2. The minimum absolute atomic E-state index is 0.386. The third-order valence-electron chi connectivity index (χ3n) is 4.17. The fourth-order valence-corrected chi connectivity index (χ4v) is 3.06. The summed E-state index contributed by atoms with van der Waals surface area (Å²) in [6.45, 7) is 0.921. The van der Waals surface area contributed by atoms with Crippen LogP contribution in [0.5, 0.6) is 11.5 Å². The second kappa shape index (κ2) is 5.60. The summed E-state index contributed by atoms with van der Waals surface area (Å²) in [5.41, 5.74) is 2.21.